The number of rotatable bonds is 5. The van der Waals surface area contributed by atoms with Gasteiger partial charge in [0.25, 0.3) is 0 Å². The number of amides is 2. The molecule has 5 nitrogen and oxygen atoms in total. The molecule has 0 bridgehead atoms. The fourth-order valence-electron chi connectivity index (χ4n) is 2.56. The Morgan fingerprint density at radius 1 is 1.26 bits per heavy atom. The van der Waals surface area contributed by atoms with Crippen LogP contribution in [0.2, 0.25) is 0 Å². The molecule has 0 heterocycles. The van der Waals surface area contributed by atoms with Crippen molar-refractivity contribution in [2.24, 2.45) is 17.4 Å². The molecule has 1 aliphatic carbocycles. The minimum atomic E-state index is -0.468. The number of hydrogen-bond donors (Lipinski definition) is 2. The maximum Gasteiger partial charge on any atom is 0.237 e. The summed E-state index contributed by atoms with van der Waals surface area (Å²) in [5.41, 5.74) is 11.2. The molecule has 0 aromatic carbocycles. The molecule has 1 rings (SSSR count). The largest absolute Gasteiger partial charge is 0.368 e. The van der Waals surface area contributed by atoms with E-state index in [0.29, 0.717) is 6.42 Å². The van der Waals surface area contributed by atoms with E-state index >= 15 is 0 Å². The molecule has 0 radical (unpaired) electrons. The van der Waals surface area contributed by atoms with Gasteiger partial charge < -0.3 is 16.4 Å². The second-order valence-corrected chi connectivity index (χ2v) is 5.49. The summed E-state index contributed by atoms with van der Waals surface area (Å²) < 4.78 is 0. The van der Waals surface area contributed by atoms with Crippen molar-refractivity contribution in [3.63, 3.8) is 0 Å². The van der Waals surface area contributed by atoms with E-state index in [1.54, 1.807) is 4.90 Å². The molecular formula is C13H26ClN3O2. The van der Waals surface area contributed by atoms with Crippen molar-refractivity contribution in [1.29, 1.82) is 0 Å². The molecule has 2 amide bonds. The van der Waals surface area contributed by atoms with E-state index in [2.05, 4.69) is 0 Å². The quantitative estimate of drug-likeness (QED) is 0.793. The van der Waals surface area contributed by atoms with E-state index in [1.807, 2.05) is 13.8 Å². The van der Waals surface area contributed by atoms with Gasteiger partial charge in [-0.15, -0.1) is 12.4 Å². The van der Waals surface area contributed by atoms with Gasteiger partial charge in [-0.25, -0.2) is 0 Å². The van der Waals surface area contributed by atoms with Gasteiger partial charge in [-0.1, -0.05) is 12.8 Å². The van der Waals surface area contributed by atoms with Crippen LogP contribution in [0.5, 0.6) is 0 Å². The lowest BCUT2D eigenvalue weighted by Gasteiger charge is -2.31. The molecule has 0 saturated heterocycles. The van der Waals surface area contributed by atoms with Crippen LogP contribution in [0.3, 0.4) is 0 Å². The highest BCUT2D eigenvalue weighted by Gasteiger charge is 2.27. The predicted octanol–water partition coefficient (Wildman–Crippen LogP) is 1.04. The number of carbonyl (C=O) groups is 2. The average Bonchev–Trinajstić information content (AvgIpc) is 2.28. The summed E-state index contributed by atoms with van der Waals surface area (Å²) in [5.74, 6) is -0.225. The molecule has 4 N–H and O–H groups in total. The van der Waals surface area contributed by atoms with Gasteiger partial charge in [0.05, 0.1) is 6.54 Å². The van der Waals surface area contributed by atoms with Crippen LogP contribution in [0.4, 0.5) is 0 Å². The summed E-state index contributed by atoms with van der Waals surface area (Å²) in [6.07, 6.45) is 4.74. The Bertz CT molecular complexity index is 310. The SMILES string of the molecule is CC(C)N(CC(N)=O)C(=O)CC1CCCCC1N.Cl. The molecule has 1 aliphatic rings. The molecule has 0 spiro atoms. The van der Waals surface area contributed by atoms with Crippen molar-refractivity contribution in [3.05, 3.63) is 0 Å². The molecule has 0 aromatic rings. The van der Waals surface area contributed by atoms with E-state index < -0.39 is 5.91 Å². The Hall–Kier alpha value is -0.810. The zero-order chi connectivity index (χ0) is 13.7. The first-order valence-corrected chi connectivity index (χ1v) is 6.75. The highest BCUT2D eigenvalue weighted by Crippen LogP contribution is 2.26. The second-order valence-electron chi connectivity index (χ2n) is 5.49. The van der Waals surface area contributed by atoms with Gasteiger partial charge in [0, 0.05) is 18.5 Å². The summed E-state index contributed by atoms with van der Waals surface area (Å²) in [7, 11) is 0. The van der Waals surface area contributed by atoms with E-state index in [0.717, 1.165) is 25.7 Å². The molecular weight excluding hydrogens is 266 g/mol. The standard InChI is InChI=1S/C13H25N3O2.ClH/c1-9(2)16(8-12(15)17)13(18)7-10-5-3-4-6-11(10)14;/h9-11H,3-8,14H2,1-2H3,(H2,15,17);1H. The summed E-state index contributed by atoms with van der Waals surface area (Å²) in [5, 5.41) is 0. The van der Waals surface area contributed by atoms with Crippen LogP contribution in [-0.2, 0) is 9.59 Å². The van der Waals surface area contributed by atoms with Crippen LogP contribution >= 0.6 is 12.4 Å². The Labute approximate surface area is 121 Å². The lowest BCUT2D eigenvalue weighted by Crippen LogP contribution is -2.45. The van der Waals surface area contributed by atoms with Crippen molar-refractivity contribution in [3.8, 4) is 0 Å². The number of nitrogens with zero attached hydrogens (tertiary/aromatic N) is 1. The molecule has 0 aliphatic heterocycles. The lowest BCUT2D eigenvalue weighted by molar-refractivity contribution is -0.138. The molecule has 1 saturated carbocycles. The average molecular weight is 292 g/mol. The van der Waals surface area contributed by atoms with Crippen molar-refractivity contribution in [2.75, 3.05) is 6.54 Å². The zero-order valence-corrected chi connectivity index (χ0v) is 12.6. The molecule has 19 heavy (non-hydrogen) atoms. The Morgan fingerprint density at radius 2 is 1.84 bits per heavy atom. The van der Waals surface area contributed by atoms with Crippen molar-refractivity contribution < 1.29 is 9.59 Å². The van der Waals surface area contributed by atoms with Gasteiger partial charge in [0.1, 0.15) is 0 Å². The molecule has 0 aromatic heterocycles. The van der Waals surface area contributed by atoms with Crippen LogP contribution in [-0.4, -0.2) is 35.3 Å². The van der Waals surface area contributed by atoms with Crippen molar-refractivity contribution in [1.82, 2.24) is 4.90 Å². The Morgan fingerprint density at radius 3 is 2.32 bits per heavy atom. The van der Waals surface area contributed by atoms with Gasteiger partial charge in [-0.2, -0.15) is 0 Å². The summed E-state index contributed by atoms with van der Waals surface area (Å²) in [6.45, 7) is 3.78. The maximum atomic E-state index is 12.2. The number of hydrogen-bond acceptors (Lipinski definition) is 3. The summed E-state index contributed by atoms with van der Waals surface area (Å²) in [4.78, 5) is 24.7. The number of nitrogens with two attached hydrogens (primary N) is 2. The summed E-state index contributed by atoms with van der Waals surface area (Å²) >= 11 is 0. The van der Waals surface area contributed by atoms with Crippen LogP contribution in [0.1, 0.15) is 46.0 Å². The monoisotopic (exact) mass is 291 g/mol. The minimum Gasteiger partial charge on any atom is -0.368 e. The van der Waals surface area contributed by atoms with Gasteiger partial charge >= 0.3 is 0 Å². The van der Waals surface area contributed by atoms with Crippen LogP contribution in [0.25, 0.3) is 0 Å². The van der Waals surface area contributed by atoms with Gasteiger partial charge in [0.15, 0.2) is 0 Å². The second kappa shape index (κ2) is 8.38. The first-order chi connectivity index (χ1) is 8.41. The normalized spacial score (nSPS) is 22.7. The van der Waals surface area contributed by atoms with E-state index in [9.17, 15) is 9.59 Å². The molecule has 112 valence electrons. The smallest absolute Gasteiger partial charge is 0.237 e. The first kappa shape index (κ1) is 18.2. The number of carbonyl (C=O) groups excluding carboxylic acids is 2. The zero-order valence-electron chi connectivity index (χ0n) is 11.8. The fraction of sp³-hybridized carbons (Fsp3) is 0.846. The topological polar surface area (TPSA) is 89.4 Å². The molecule has 1 fully saturated rings. The Kier molecular flexibility index (Phi) is 8.02. The van der Waals surface area contributed by atoms with Crippen molar-refractivity contribution >= 4 is 24.2 Å². The third-order valence-electron chi connectivity index (χ3n) is 3.67. The van der Waals surface area contributed by atoms with Crippen molar-refractivity contribution in [2.45, 2.75) is 58.0 Å². The highest BCUT2D eigenvalue weighted by molar-refractivity contribution is 5.85. The number of halogens is 1. The van der Waals surface area contributed by atoms with Gasteiger partial charge in [-0.3, -0.25) is 9.59 Å². The van der Waals surface area contributed by atoms with Gasteiger partial charge in [-0.05, 0) is 32.6 Å². The van der Waals surface area contributed by atoms with Crippen LogP contribution in [0.15, 0.2) is 0 Å². The lowest BCUT2D eigenvalue weighted by atomic mass is 9.82. The first-order valence-electron chi connectivity index (χ1n) is 6.75. The van der Waals surface area contributed by atoms with Gasteiger partial charge in [0.2, 0.25) is 11.8 Å². The minimum absolute atomic E-state index is 0. The predicted molar refractivity (Wildman–Crippen MR) is 77.8 cm³/mol. The molecule has 2 atom stereocenters. The summed E-state index contributed by atoms with van der Waals surface area (Å²) in [6, 6.07) is 0.107. The van der Waals surface area contributed by atoms with Crippen LogP contribution in [0, 0.1) is 5.92 Å². The Balaban J connectivity index is 0.00000324. The van der Waals surface area contributed by atoms with E-state index in [1.165, 1.54) is 0 Å². The maximum absolute atomic E-state index is 12.2. The van der Waals surface area contributed by atoms with Crippen LogP contribution < -0.4 is 11.5 Å². The fourth-order valence-corrected chi connectivity index (χ4v) is 2.56. The van der Waals surface area contributed by atoms with E-state index in [-0.39, 0.29) is 42.9 Å². The molecule has 2 unspecified atom stereocenters. The third kappa shape index (κ3) is 5.78. The third-order valence-corrected chi connectivity index (χ3v) is 3.67. The highest BCUT2D eigenvalue weighted by atomic mass is 35.5. The van der Waals surface area contributed by atoms with E-state index in [4.69, 9.17) is 11.5 Å². The molecule has 6 heteroatoms. The number of primary amides is 1.